The summed E-state index contributed by atoms with van der Waals surface area (Å²) in [5, 5.41) is 11.2. The largest absolute Gasteiger partial charge is 0.489 e. The molecular formula is C24H18N2O7. The lowest BCUT2D eigenvalue weighted by molar-refractivity contribution is -0.385. The Hall–Kier alpha value is -4.53. The summed E-state index contributed by atoms with van der Waals surface area (Å²) >= 11 is 0. The van der Waals surface area contributed by atoms with Crippen LogP contribution < -0.4 is 9.47 Å². The molecule has 1 aliphatic rings. The standard InChI is InChI=1S/C24H18N2O7/c27-21(33-18-11-9-17(10-12-18)32-15-16-5-2-1-3-6-16)13-14-25-23(28)19-7-4-8-20(26(30)31)22(19)24(25)29/h1-12H,13-15H2. The van der Waals surface area contributed by atoms with E-state index in [1.54, 1.807) is 24.3 Å². The molecule has 9 nitrogen and oxygen atoms in total. The first-order valence-electron chi connectivity index (χ1n) is 10.0. The molecule has 0 N–H and O–H groups in total. The highest BCUT2D eigenvalue weighted by molar-refractivity contribution is 6.23. The number of amides is 2. The number of hydrogen-bond donors (Lipinski definition) is 0. The Morgan fingerprint density at radius 1 is 0.879 bits per heavy atom. The van der Waals surface area contributed by atoms with Crippen LogP contribution in [0.15, 0.2) is 72.8 Å². The molecule has 0 saturated carbocycles. The summed E-state index contributed by atoms with van der Waals surface area (Å²) in [5.41, 5.74) is 0.276. The van der Waals surface area contributed by atoms with Gasteiger partial charge in [-0.25, -0.2) is 0 Å². The van der Waals surface area contributed by atoms with Gasteiger partial charge in [0.2, 0.25) is 0 Å². The number of fused-ring (bicyclic) bond motifs is 1. The number of nitro benzene ring substituents is 1. The molecule has 3 aromatic carbocycles. The van der Waals surface area contributed by atoms with Crippen LogP contribution in [0.1, 0.15) is 32.7 Å². The van der Waals surface area contributed by atoms with E-state index in [9.17, 15) is 24.5 Å². The lowest BCUT2D eigenvalue weighted by atomic mass is 10.1. The average molecular weight is 446 g/mol. The third-order valence-corrected chi connectivity index (χ3v) is 5.02. The maximum absolute atomic E-state index is 12.5. The van der Waals surface area contributed by atoms with E-state index >= 15 is 0 Å². The third-order valence-electron chi connectivity index (χ3n) is 5.02. The van der Waals surface area contributed by atoms with E-state index in [2.05, 4.69) is 0 Å². The summed E-state index contributed by atoms with van der Waals surface area (Å²) in [6.07, 6.45) is -0.258. The molecule has 0 fully saturated rings. The SMILES string of the molecule is O=C(CCN1C(=O)c2cccc([N+](=O)[O-])c2C1=O)Oc1ccc(OCc2ccccc2)cc1. The number of nitro groups is 1. The number of esters is 1. The number of nitrogens with zero attached hydrogens (tertiary/aromatic N) is 2. The molecule has 3 aromatic rings. The minimum absolute atomic E-state index is 0.0475. The number of hydrogen-bond acceptors (Lipinski definition) is 7. The molecule has 0 saturated heterocycles. The first kappa shape index (κ1) is 21.7. The Balaban J connectivity index is 1.31. The summed E-state index contributed by atoms with van der Waals surface area (Å²) in [7, 11) is 0. The second-order valence-corrected chi connectivity index (χ2v) is 7.19. The molecule has 0 spiro atoms. The molecule has 0 aromatic heterocycles. The second-order valence-electron chi connectivity index (χ2n) is 7.19. The topological polar surface area (TPSA) is 116 Å². The molecule has 0 bridgehead atoms. The maximum atomic E-state index is 12.5. The minimum atomic E-state index is -0.796. The van der Waals surface area contributed by atoms with Crippen molar-refractivity contribution in [2.45, 2.75) is 13.0 Å². The Morgan fingerprint density at radius 3 is 2.27 bits per heavy atom. The average Bonchev–Trinajstić information content (AvgIpc) is 3.07. The van der Waals surface area contributed by atoms with Crippen molar-refractivity contribution in [3.05, 3.63) is 99.6 Å². The van der Waals surface area contributed by atoms with Gasteiger partial charge in [0.25, 0.3) is 17.5 Å². The molecule has 1 aliphatic heterocycles. The predicted octanol–water partition coefficient (Wildman–Crippen LogP) is 3.77. The molecule has 0 radical (unpaired) electrons. The summed E-state index contributed by atoms with van der Waals surface area (Å²) < 4.78 is 10.9. The highest BCUT2D eigenvalue weighted by atomic mass is 16.6. The van der Waals surface area contributed by atoms with Crippen LogP contribution in [0.5, 0.6) is 11.5 Å². The van der Waals surface area contributed by atoms with E-state index in [1.165, 1.54) is 12.1 Å². The number of carbonyl (C=O) groups excluding carboxylic acids is 3. The predicted molar refractivity (Wildman–Crippen MR) is 116 cm³/mol. The van der Waals surface area contributed by atoms with Crippen LogP contribution in [-0.4, -0.2) is 34.2 Å². The fraction of sp³-hybridized carbons (Fsp3) is 0.125. The van der Waals surface area contributed by atoms with E-state index in [4.69, 9.17) is 9.47 Å². The molecule has 166 valence electrons. The van der Waals surface area contributed by atoms with Gasteiger partial charge in [-0.05, 0) is 35.9 Å². The van der Waals surface area contributed by atoms with Crippen LogP contribution in [-0.2, 0) is 11.4 Å². The van der Waals surface area contributed by atoms with Gasteiger partial charge in [-0.15, -0.1) is 0 Å². The van der Waals surface area contributed by atoms with Gasteiger partial charge in [-0.1, -0.05) is 36.4 Å². The molecule has 4 rings (SSSR count). The lowest BCUT2D eigenvalue weighted by Gasteiger charge is -2.13. The van der Waals surface area contributed by atoms with Gasteiger partial charge in [0.05, 0.1) is 16.9 Å². The number of ether oxygens (including phenoxy) is 2. The summed E-state index contributed by atoms with van der Waals surface area (Å²) in [4.78, 5) is 48.5. The third kappa shape index (κ3) is 4.72. The van der Waals surface area contributed by atoms with Gasteiger partial charge >= 0.3 is 5.97 Å². The minimum Gasteiger partial charge on any atom is -0.489 e. The normalized spacial score (nSPS) is 12.4. The molecule has 0 unspecified atom stereocenters. The Labute approximate surface area is 188 Å². The van der Waals surface area contributed by atoms with Crippen LogP contribution in [0.2, 0.25) is 0 Å². The van der Waals surface area contributed by atoms with Crippen molar-refractivity contribution in [3.8, 4) is 11.5 Å². The van der Waals surface area contributed by atoms with E-state index in [0.717, 1.165) is 16.5 Å². The molecule has 0 aliphatic carbocycles. The van der Waals surface area contributed by atoms with Crippen molar-refractivity contribution < 1.29 is 28.8 Å². The van der Waals surface area contributed by atoms with Crippen molar-refractivity contribution >= 4 is 23.5 Å². The summed E-state index contributed by atoms with van der Waals surface area (Å²) in [6.45, 7) is 0.152. The van der Waals surface area contributed by atoms with Gasteiger partial charge in [-0.3, -0.25) is 29.4 Å². The number of imide groups is 1. The van der Waals surface area contributed by atoms with Crippen LogP contribution in [0.4, 0.5) is 5.69 Å². The maximum Gasteiger partial charge on any atom is 0.312 e. The molecule has 0 atom stereocenters. The first-order chi connectivity index (χ1) is 15.9. The van der Waals surface area contributed by atoms with E-state index in [-0.39, 0.29) is 29.8 Å². The van der Waals surface area contributed by atoms with Crippen molar-refractivity contribution in [3.63, 3.8) is 0 Å². The number of benzene rings is 3. The van der Waals surface area contributed by atoms with E-state index < -0.39 is 28.4 Å². The summed E-state index contributed by atoms with van der Waals surface area (Å²) in [6, 6.07) is 20.0. The highest BCUT2D eigenvalue weighted by Gasteiger charge is 2.40. The number of carbonyl (C=O) groups is 3. The van der Waals surface area contributed by atoms with Crippen LogP contribution in [0, 0.1) is 10.1 Å². The van der Waals surface area contributed by atoms with Gasteiger partial charge in [0.1, 0.15) is 23.7 Å². The molecular weight excluding hydrogens is 428 g/mol. The van der Waals surface area contributed by atoms with Crippen molar-refractivity contribution in [2.24, 2.45) is 0 Å². The molecule has 1 heterocycles. The zero-order valence-corrected chi connectivity index (χ0v) is 17.3. The smallest absolute Gasteiger partial charge is 0.312 e. The summed E-state index contributed by atoms with van der Waals surface area (Å²) in [5.74, 6) is -1.24. The molecule has 2 amide bonds. The Bertz CT molecular complexity index is 1220. The first-order valence-corrected chi connectivity index (χ1v) is 10.0. The highest BCUT2D eigenvalue weighted by Crippen LogP contribution is 2.30. The second kappa shape index (κ2) is 9.31. The Morgan fingerprint density at radius 2 is 1.58 bits per heavy atom. The van der Waals surface area contributed by atoms with Crippen LogP contribution in [0.3, 0.4) is 0 Å². The van der Waals surface area contributed by atoms with Gasteiger partial charge in [0, 0.05) is 12.6 Å². The zero-order chi connectivity index (χ0) is 23.4. The fourth-order valence-electron chi connectivity index (χ4n) is 3.40. The van der Waals surface area contributed by atoms with Crippen LogP contribution >= 0.6 is 0 Å². The lowest BCUT2D eigenvalue weighted by Crippen LogP contribution is -2.32. The fourth-order valence-corrected chi connectivity index (χ4v) is 3.40. The van der Waals surface area contributed by atoms with Crippen molar-refractivity contribution in [2.75, 3.05) is 6.54 Å². The van der Waals surface area contributed by atoms with E-state index in [1.807, 2.05) is 30.3 Å². The van der Waals surface area contributed by atoms with Crippen LogP contribution in [0.25, 0.3) is 0 Å². The van der Waals surface area contributed by atoms with Crippen molar-refractivity contribution in [1.82, 2.24) is 4.90 Å². The van der Waals surface area contributed by atoms with Gasteiger partial charge in [0.15, 0.2) is 0 Å². The van der Waals surface area contributed by atoms with Gasteiger partial charge < -0.3 is 9.47 Å². The number of rotatable bonds is 8. The zero-order valence-electron chi connectivity index (χ0n) is 17.3. The quantitative estimate of drug-likeness (QED) is 0.170. The molecule has 33 heavy (non-hydrogen) atoms. The van der Waals surface area contributed by atoms with Crippen molar-refractivity contribution in [1.29, 1.82) is 0 Å². The Kier molecular flexibility index (Phi) is 6.12. The monoisotopic (exact) mass is 446 g/mol. The van der Waals surface area contributed by atoms with Gasteiger partial charge in [-0.2, -0.15) is 0 Å². The molecule has 9 heteroatoms. The van der Waals surface area contributed by atoms with E-state index in [0.29, 0.717) is 12.4 Å².